The van der Waals surface area contributed by atoms with Crippen molar-refractivity contribution >= 4 is 29.4 Å². The predicted molar refractivity (Wildman–Crippen MR) is 82.6 cm³/mol. The first kappa shape index (κ1) is 15.9. The minimum atomic E-state index is -0.937. The summed E-state index contributed by atoms with van der Waals surface area (Å²) in [5.74, 6) is -1.52. The molecule has 2 aromatic rings. The lowest BCUT2D eigenvalue weighted by Crippen LogP contribution is -2.33. The largest absolute Gasteiger partial charge is 0.337 e. The molecule has 3 rings (SSSR count). The Morgan fingerprint density at radius 1 is 1.12 bits per heavy atom. The molecule has 24 heavy (non-hydrogen) atoms. The molecule has 0 aliphatic carbocycles. The van der Waals surface area contributed by atoms with Gasteiger partial charge in [0.05, 0.1) is 0 Å². The lowest BCUT2D eigenvalue weighted by Gasteiger charge is -2.11. The van der Waals surface area contributed by atoms with Crippen LogP contribution in [0, 0.1) is 0 Å². The quantitative estimate of drug-likeness (QED) is 0.466. The summed E-state index contributed by atoms with van der Waals surface area (Å²) >= 11 is 5.81. The SMILES string of the molecule is C=CCN1C(=O)C(=O)N(Cc2nc(-c3ccc(Cl)cc3)no2)C1=O. The zero-order valence-electron chi connectivity index (χ0n) is 12.3. The van der Waals surface area contributed by atoms with Crippen molar-refractivity contribution in [3.8, 4) is 11.4 Å². The maximum absolute atomic E-state index is 12.1. The topological polar surface area (TPSA) is 96.6 Å². The van der Waals surface area contributed by atoms with Crippen LogP contribution in [0.3, 0.4) is 0 Å². The monoisotopic (exact) mass is 346 g/mol. The van der Waals surface area contributed by atoms with Crippen LogP contribution >= 0.6 is 11.6 Å². The van der Waals surface area contributed by atoms with Crippen molar-refractivity contribution in [1.29, 1.82) is 0 Å². The number of hydrogen-bond acceptors (Lipinski definition) is 6. The third-order valence-corrected chi connectivity index (χ3v) is 3.56. The fourth-order valence-corrected chi connectivity index (χ4v) is 2.28. The Balaban J connectivity index is 1.78. The van der Waals surface area contributed by atoms with E-state index in [0.29, 0.717) is 10.6 Å². The van der Waals surface area contributed by atoms with Crippen molar-refractivity contribution in [2.45, 2.75) is 6.54 Å². The zero-order chi connectivity index (χ0) is 17.3. The summed E-state index contributed by atoms with van der Waals surface area (Å²) in [5, 5.41) is 4.36. The molecular formula is C15H11ClN4O4. The molecule has 0 N–H and O–H groups in total. The van der Waals surface area contributed by atoms with Gasteiger partial charge in [0.1, 0.15) is 6.54 Å². The molecule has 1 fully saturated rings. The van der Waals surface area contributed by atoms with Crippen LogP contribution in [0.1, 0.15) is 5.89 Å². The Morgan fingerprint density at radius 2 is 1.79 bits per heavy atom. The van der Waals surface area contributed by atoms with Crippen LogP contribution in [-0.4, -0.2) is 44.3 Å². The number of amides is 4. The number of hydrogen-bond donors (Lipinski definition) is 0. The zero-order valence-corrected chi connectivity index (χ0v) is 13.1. The standard InChI is InChI=1S/C15H11ClN4O4/c1-2-7-19-13(21)14(22)20(15(19)23)8-11-17-12(18-24-11)9-3-5-10(16)6-4-9/h2-6H,1,7-8H2. The molecule has 1 aliphatic heterocycles. The second-order valence-corrected chi connectivity index (χ2v) is 5.33. The summed E-state index contributed by atoms with van der Waals surface area (Å²) in [6.45, 7) is 3.12. The van der Waals surface area contributed by atoms with Crippen molar-refractivity contribution in [2.75, 3.05) is 6.54 Å². The average molecular weight is 347 g/mol. The molecule has 1 aliphatic rings. The lowest BCUT2D eigenvalue weighted by molar-refractivity contribution is -0.143. The average Bonchev–Trinajstić information content (AvgIpc) is 3.11. The number of nitrogens with zero attached hydrogens (tertiary/aromatic N) is 4. The number of benzene rings is 1. The van der Waals surface area contributed by atoms with Crippen LogP contribution in [0.2, 0.25) is 5.02 Å². The highest BCUT2D eigenvalue weighted by Crippen LogP contribution is 2.20. The van der Waals surface area contributed by atoms with Gasteiger partial charge in [0, 0.05) is 17.1 Å². The Kier molecular flexibility index (Phi) is 4.13. The van der Waals surface area contributed by atoms with Crippen LogP contribution in [0.15, 0.2) is 41.4 Å². The molecule has 0 saturated carbocycles. The van der Waals surface area contributed by atoms with Gasteiger partial charge in [0.2, 0.25) is 11.7 Å². The molecule has 8 nitrogen and oxygen atoms in total. The Bertz CT molecular complexity index is 830. The maximum atomic E-state index is 12.1. The molecule has 0 bridgehead atoms. The minimum Gasteiger partial charge on any atom is -0.337 e. The van der Waals surface area contributed by atoms with Gasteiger partial charge < -0.3 is 4.52 Å². The Hall–Kier alpha value is -3.00. The molecule has 0 atom stereocenters. The van der Waals surface area contributed by atoms with Gasteiger partial charge >= 0.3 is 17.8 Å². The van der Waals surface area contributed by atoms with E-state index in [-0.39, 0.29) is 24.8 Å². The van der Waals surface area contributed by atoms with Gasteiger partial charge in [0.15, 0.2) is 0 Å². The number of rotatable bonds is 5. The number of carbonyl (C=O) groups is 3. The van der Waals surface area contributed by atoms with Crippen LogP contribution in [0.5, 0.6) is 0 Å². The molecule has 9 heteroatoms. The number of imide groups is 2. The van der Waals surface area contributed by atoms with E-state index in [0.717, 1.165) is 9.80 Å². The number of aromatic nitrogens is 2. The summed E-state index contributed by atoms with van der Waals surface area (Å²) in [6.07, 6.45) is 1.36. The van der Waals surface area contributed by atoms with Gasteiger partial charge in [-0.05, 0) is 24.3 Å². The fourth-order valence-electron chi connectivity index (χ4n) is 2.15. The van der Waals surface area contributed by atoms with Crippen molar-refractivity contribution < 1.29 is 18.9 Å². The summed E-state index contributed by atoms with van der Waals surface area (Å²) < 4.78 is 5.05. The van der Waals surface area contributed by atoms with E-state index in [1.165, 1.54) is 6.08 Å². The Morgan fingerprint density at radius 3 is 2.46 bits per heavy atom. The third-order valence-electron chi connectivity index (χ3n) is 3.31. The molecule has 4 amide bonds. The summed E-state index contributed by atoms with van der Waals surface area (Å²) in [4.78, 5) is 41.4. The predicted octanol–water partition coefficient (Wildman–Crippen LogP) is 1.87. The van der Waals surface area contributed by atoms with E-state index in [4.69, 9.17) is 16.1 Å². The molecule has 0 spiro atoms. The third kappa shape index (κ3) is 2.79. The van der Waals surface area contributed by atoms with Gasteiger partial charge in [-0.25, -0.2) is 9.69 Å². The van der Waals surface area contributed by atoms with E-state index in [2.05, 4.69) is 16.7 Å². The first-order valence-corrected chi connectivity index (χ1v) is 7.26. The molecule has 0 radical (unpaired) electrons. The van der Waals surface area contributed by atoms with Crippen LogP contribution in [0.25, 0.3) is 11.4 Å². The number of halogens is 1. The van der Waals surface area contributed by atoms with Gasteiger partial charge in [-0.3, -0.25) is 14.5 Å². The van der Waals surface area contributed by atoms with Crippen LogP contribution in [-0.2, 0) is 16.1 Å². The van der Waals surface area contributed by atoms with Crippen molar-refractivity contribution in [3.05, 3.63) is 47.8 Å². The van der Waals surface area contributed by atoms with Gasteiger partial charge in [-0.2, -0.15) is 4.98 Å². The summed E-state index contributed by atoms with van der Waals surface area (Å²) in [6, 6.07) is 6.02. The van der Waals surface area contributed by atoms with E-state index in [1.807, 2.05) is 0 Å². The first-order chi connectivity index (χ1) is 11.5. The van der Waals surface area contributed by atoms with Crippen molar-refractivity contribution in [1.82, 2.24) is 19.9 Å². The van der Waals surface area contributed by atoms with Gasteiger partial charge in [-0.15, -0.1) is 6.58 Å². The van der Waals surface area contributed by atoms with Crippen molar-refractivity contribution in [3.63, 3.8) is 0 Å². The second-order valence-electron chi connectivity index (χ2n) is 4.90. The highest BCUT2D eigenvalue weighted by atomic mass is 35.5. The molecule has 2 heterocycles. The van der Waals surface area contributed by atoms with E-state index >= 15 is 0 Å². The molecule has 122 valence electrons. The molecule has 1 aromatic carbocycles. The summed E-state index contributed by atoms with van der Waals surface area (Å²) in [7, 11) is 0. The van der Waals surface area contributed by atoms with E-state index < -0.39 is 17.8 Å². The number of urea groups is 1. The van der Waals surface area contributed by atoms with Crippen LogP contribution < -0.4 is 0 Å². The minimum absolute atomic E-state index is 0.0369. The van der Waals surface area contributed by atoms with Crippen LogP contribution in [0.4, 0.5) is 4.79 Å². The first-order valence-electron chi connectivity index (χ1n) is 6.88. The molecule has 0 unspecified atom stereocenters. The molecule has 1 saturated heterocycles. The molecule has 1 aromatic heterocycles. The second kappa shape index (κ2) is 6.25. The Labute approximate surface area is 141 Å². The van der Waals surface area contributed by atoms with Crippen molar-refractivity contribution in [2.24, 2.45) is 0 Å². The summed E-state index contributed by atoms with van der Waals surface area (Å²) in [5.41, 5.74) is 0.665. The highest BCUT2D eigenvalue weighted by molar-refractivity contribution is 6.44. The van der Waals surface area contributed by atoms with Gasteiger partial charge in [0.25, 0.3) is 0 Å². The highest BCUT2D eigenvalue weighted by Gasteiger charge is 2.44. The maximum Gasteiger partial charge on any atom is 0.335 e. The lowest BCUT2D eigenvalue weighted by atomic mass is 10.2. The fraction of sp³-hybridized carbons (Fsp3) is 0.133. The normalized spacial score (nSPS) is 14.6. The van der Waals surface area contributed by atoms with Gasteiger partial charge in [-0.1, -0.05) is 22.8 Å². The van der Waals surface area contributed by atoms with E-state index in [9.17, 15) is 14.4 Å². The number of carbonyl (C=O) groups excluding carboxylic acids is 3. The molecular weight excluding hydrogens is 336 g/mol. The smallest absolute Gasteiger partial charge is 0.335 e. The van der Waals surface area contributed by atoms with E-state index in [1.54, 1.807) is 24.3 Å².